The van der Waals surface area contributed by atoms with Gasteiger partial charge in [-0.15, -0.1) is 0 Å². The summed E-state index contributed by atoms with van der Waals surface area (Å²) < 4.78 is 3.83. The van der Waals surface area contributed by atoms with E-state index in [0.717, 1.165) is 18.0 Å². The van der Waals surface area contributed by atoms with Crippen LogP contribution in [-0.2, 0) is 0 Å². The van der Waals surface area contributed by atoms with Crippen LogP contribution in [0.25, 0.3) is 0 Å². The zero-order valence-electron chi connectivity index (χ0n) is 6.40. The largest absolute Gasteiger partial charge is 0.393 e. The van der Waals surface area contributed by atoms with Gasteiger partial charge in [-0.3, -0.25) is 0 Å². The first kappa shape index (κ1) is 7.75. The Labute approximate surface area is 73.8 Å². The highest BCUT2D eigenvalue weighted by Gasteiger charge is 2.27. The van der Waals surface area contributed by atoms with Gasteiger partial charge in [-0.2, -0.15) is 9.36 Å². The minimum Gasteiger partial charge on any atom is -0.393 e. The van der Waals surface area contributed by atoms with Crippen LogP contribution in [0.1, 0.15) is 12.8 Å². The van der Waals surface area contributed by atoms with Gasteiger partial charge in [0.2, 0.25) is 11.1 Å². The van der Waals surface area contributed by atoms with Gasteiger partial charge in [0.15, 0.2) is 0 Å². The van der Waals surface area contributed by atoms with E-state index in [9.17, 15) is 0 Å². The van der Waals surface area contributed by atoms with Crippen LogP contribution in [0.5, 0.6) is 0 Å². The zero-order valence-corrected chi connectivity index (χ0v) is 7.21. The molecule has 1 aliphatic carbocycles. The van der Waals surface area contributed by atoms with Crippen LogP contribution in [0, 0.1) is 0 Å². The molecule has 1 aliphatic rings. The molecule has 6 heteroatoms. The predicted octanol–water partition coefficient (Wildman–Crippen LogP) is 0.0555. The van der Waals surface area contributed by atoms with Crippen molar-refractivity contribution in [3.63, 3.8) is 0 Å². The number of aromatic nitrogens is 2. The minimum atomic E-state index is -0.146. The van der Waals surface area contributed by atoms with E-state index < -0.39 is 0 Å². The van der Waals surface area contributed by atoms with E-state index >= 15 is 0 Å². The molecular weight excluding hydrogens is 176 g/mol. The summed E-state index contributed by atoms with van der Waals surface area (Å²) in [5, 5.41) is 12.9. The highest BCUT2D eigenvalue weighted by atomic mass is 32.1. The molecule has 1 heterocycles. The topological polar surface area (TPSA) is 84.1 Å². The molecular formula is C6H10N4OS. The summed E-state index contributed by atoms with van der Waals surface area (Å²) >= 11 is 1.25. The fraction of sp³-hybridized carbons (Fsp3) is 0.667. The van der Waals surface area contributed by atoms with Gasteiger partial charge in [0, 0.05) is 17.6 Å². The van der Waals surface area contributed by atoms with Gasteiger partial charge in [0.1, 0.15) is 0 Å². The molecule has 0 aliphatic heterocycles. The number of rotatable bonds is 2. The van der Waals surface area contributed by atoms with Crippen LogP contribution in [0.15, 0.2) is 0 Å². The first-order chi connectivity index (χ1) is 5.74. The lowest BCUT2D eigenvalue weighted by atomic mass is 9.90. The Kier molecular flexibility index (Phi) is 1.86. The van der Waals surface area contributed by atoms with Crippen LogP contribution in [0.3, 0.4) is 0 Å². The summed E-state index contributed by atoms with van der Waals surface area (Å²) in [6.45, 7) is 0. The Morgan fingerprint density at radius 2 is 2.33 bits per heavy atom. The van der Waals surface area contributed by atoms with E-state index in [1.54, 1.807) is 0 Å². The van der Waals surface area contributed by atoms with Crippen LogP contribution in [0.4, 0.5) is 11.1 Å². The summed E-state index contributed by atoms with van der Waals surface area (Å²) in [5.74, 6) is 0.308. The van der Waals surface area contributed by atoms with E-state index in [0.29, 0.717) is 12.0 Å². The van der Waals surface area contributed by atoms with Crippen molar-refractivity contribution in [2.45, 2.75) is 25.0 Å². The second-order valence-corrected chi connectivity index (χ2v) is 3.68. The Bertz CT molecular complexity index is 270. The molecule has 0 amide bonds. The molecule has 2 rings (SSSR count). The van der Waals surface area contributed by atoms with Crippen molar-refractivity contribution in [3.8, 4) is 0 Å². The van der Waals surface area contributed by atoms with E-state index in [1.165, 1.54) is 11.5 Å². The number of hydrogen-bond acceptors (Lipinski definition) is 6. The van der Waals surface area contributed by atoms with E-state index in [2.05, 4.69) is 14.7 Å². The zero-order chi connectivity index (χ0) is 8.55. The number of nitrogens with zero attached hydrogens (tertiary/aromatic N) is 2. The fourth-order valence-corrected chi connectivity index (χ4v) is 1.75. The highest BCUT2D eigenvalue weighted by Crippen LogP contribution is 2.24. The third kappa shape index (κ3) is 1.49. The smallest absolute Gasteiger partial charge is 0.233 e. The number of aliphatic hydroxyl groups excluding tert-OH is 1. The Morgan fingerprint density at radius 3 is 2.83 bits per heavy atom. The number of hydrogen-bond donors (Lipinski definition) is 3. The van der Waals surface area contributed by atoms with Crippen molar-refractivity contribution in [2.75, 3.05) is 11.1 Å². The van der Waals surface area contributed by atoms with Gasteiger partial charge in [-0.1, -0.05) is 0 Å². The van der Waals surface area contributed by atoms with Crippen LogP contribution in [0.2, 0.25) is 0 Å². The summed E-state index contributed by atoms with van der Waals surface area (Å²) in [4.78, 5) is 3.95. The lowest BCUT2D eigenvalue weighted by Gasteiger charge is -2.31. The molecule has 1 aromatic heterocycles. The second kappa shape index (κ2) is 2.87. The van der Waals surface area contributed by atoms with Crippen molar-refractivity contribution >= 4 is 22.6 Å². The molecule has 1 aromatic rings. The lowest BCUT2D eigenvalue weighted by Crippen LogP contribution is -2.38. The molecule has 5 nitrogen and oxygen atoms in total. The molecule has 0 radical (unpaired) electrons. The molecule has 4 N–H and O–H groups in total. The van der Waals surface area contributed by atoms with Crippen molar-refractivity contribution in [3.05, 3.63) is 0 Å². The van der Waals surface area contributed by atoms with Gasteiger partial charge in [0.25, 0.3) is 0 Å². The van der Waals surface area contributed by atoms with Crippen LogP contribution >= 0.6 is 11.5 Å². The van der Waals surface area contributed by atoms with Gasteiger partial charge < -0.3 is 16.2 Å². The molecule has 0 unspecified atom stereocenters. The van der Waals surface area contributed by atoms with Crippen molar-refractivity contribution in [1.29, 1.82) is 0 Å². The first-order valence-corrected chi connectivity index (χ1v) is 4.55. The number of anilines is 2. The summed E-state index contributed by atoms with van der Waals surface area (Å²) in [7, 11) is 0. The molecule has 0 atom stereocenters. The van der Waals surface area contributed by atoms with Gasteiger partial charge in [0.05, 0.1) is 6.10 Å². The van der Waals surface area contributed by atoms with Gasteiger partial charge in [-0.05, 0) is 12.8 Å². The SMILES string of the molecule is Nc1nsc(NC2CC(O)C2)n1. The molecule has 0 aromatic carbocycles. The van der Waals surface area contributed by atoms with E-state index in [-0.39, 0.29) is 6.10 Å². The van der Waals surface area contributed by atoms with Crippen LogP contribution < -0.4 is 11.1 Å². The maximum absolute atomic E-state index is 9.00. The maximum Gasteiger partial charge on any atom is 0.233 e. The lowest BCUT2D eigenvalue weighted by molar-refractivity contribution is 0.0836. The molecule has 1 fully saturated rings. The number of nitrogens with two attached hydrogens (primary N) is 1. The Hall–Kier alpha value is -0.880. The predicted molar refractivity (Wildman–Crippen MR) is 47.0 cm³/mol. The second-order valence-electron chi connectivity index (χ2n) is 2.92. The quantitative estimate of drug-likeness (QED) is 0.608. The third-order valence-corrected chi connectivity index (χ3v) is 2.54. The molecule has 0 spiro atoms. The van der Waals surface area contributed by atoms with Crippen LogP contribution in [-0.4, -0.2) is 26.6 Å². The number of aliphatic hydroxyl groups is 1. The van der Waals surface area contributed by atoms with Crippen molar-refractivity contribution in [2.24, 2.45) is 0 Å². The number of nitrogens with one attached hydrogen (secondary N) is 1. The Balaban J connectivity index is 1.88. The van der Waals surface area contributed by atoms with Crippen molar-refractivity contribution < 1.29 is 5.11 Å². The monoisotopic (exact) mass is 186 g/mol. The highest BCUT2D eigenvalue weighted by molar-refractivity contribution is 7.09. The summed E-state index contributed by atoms with van der Waals surface area (Å²) in [6, 6.07) is 0.340. The average Bonchev–Trinajstić information content (AvgIpc) is 2.33. The summed E-state index contributed by atoms with van der Waals surface area (Å²) in [5.41, 5.74) is 5.34. The first-order valence-electron chi connectivity index (χ1n) is 3.78. The van der Waals surface area contributed by atoms with E-state index in [1.807, 2.05) is 0 Å². The molecule has 0 bridgehead atoms. The van der Waals surface area contributed by atoms with E-state index in [4.69, 9.17) is 10.8 Å². The van der Waals surface area contributed by atoms with Gasteiger partial charge in [-0.25, -0.2) is 0 Å². The molecule has 12 heavy (non-hydrogen) atoms. The maximum atomic E-state index is 9.00. The normalized spacial score (nSPS) is 28.1. The number of nitrogen functional groups attached to an aromatic ring is 1. The van der Waals surface area contributed by atoms with Crippen molar-refractivity contribution in [1.82, 2.24) is 9.36 Å². The van der Waals surface area contributed by atoms with Gasteiger partial charge >= 0.3 is 0 Å². The standard InChI is InChI=1S/C6H10N4OS/c7-5-9-6(12-10-5)8-3-1-4(11)2-3/h3-4,11H,1-2H2,(H3,7,8,9,10). The molecule has 66 valence electrons. The minimum absolute atomic E-state index is 0.146. The third-order valence-electron chi connectivity index (χ3n) is 1.88. The summed E-state index contributed by atoms with van der Waals surface area (Å²) in [6.07, 6.45) is 1.44. The fourth-order valence-electron chi connectivity index (χ4n) is 1.17. The molecule has 0 saturated heterocycles. The average molecular weight is 186 g/mol. The Morgan fingerprint density at radius 1 is 1.58 bits per heavy atom. The molecule has 1 saturated carbocycles.